The summed E-state index contributed by atoms with van der Waals surface area (Å²) < 4.78 is 26.8. The molecule has 5 nitrogen and oxygen atoms in total. The fourth-order valence-corrected chi connectivity index (χ4v) is 3.60. The second kappa shape index (κ2) is 6.59. The van der Waals surface area contributed by atoms with Crippen LogP contribution in [0.5, 0.6) is 0 Å². The molecule has 3 rings (SSSR count). The molecule has 0 aliphatic heterocycles. The van der Waals surface area contributed by atoms with Gasteiger partial charge in [0.15, 0.2) is 0 Å². The highest BCUT2D eigenvalue weighted by atomic mass is 32.2. The maximum atomic E-state index is 12.2. The lowest BCUT2D eigenvalue weighted by Crippen LogP contribution is -2.27. The van der Waals surface area contributed by atoms with Crippen molar-refractivity contribution >= 4 is 20.9 Å². The van der Waals surface area contributed by atoms with Gasteiger partial charge in [-0.1, -0.05) is 30.3 Å². The molecule has 0 bridgehead atoms. The van der Waals surface area contributed by atoms with Gasteiger partial charge in [-0.2, -0.15) is 0 Å². The number of benzene rings is 2. The van der Waals surface area contributed by atoms with Crippen LogP contribution in [0.2, 0.25) is 0 Å². The Morgan fingerprint density at radius 1 is 1.04 bits per heavy atom. The first-order chi connectivity index (χ1) is 11.5. The second-order valence-electron chi connectivity index (χ2n) is 5.68. The first kappa shape index (κ1) is 16.4. The van der Waals surface area contributed by atoms with Crippen LogP contribution in [0.3, 0.4) is 0 Å². The van der Waals surface area contributed by atoms with Crippen LogP contribution < -0.4 is 10.3 Å². The molecule has 0 aliphatic rings. The number of fused-ring (bicyclic) bond motifs is 1. The Balaban J connectivity index is 1.75. The van der Waals surface area contributed by atoms with Gasteiger partial charge in [0.25, 0.3) is 5.56 Å². The van der Waals surface area contributed by atoms with Crippen LogP contribution in [0.4, 0.5) is 0 Å². The summed E-state index contributed by atoms with van der Waals surface area (Å²) in [6.45, 7) is 2.13. The van der Waals surface area contributed by atoms with E-state index in [0.29, 0.717) is 12.0 Å². The fraction of sp³-hybridized carbons (Fsp3) is 0.167. The van der Waals surface area contributed by atoms with Crippen molar-refractivity contribution in [1.82, 2.24) is 9.71 Å². The average Bonchev–Trinajstić information content (AvgIpc) is 2.56. The van der Waals surface area contributed by atoms with Crippen LogP contribution in [0.25, 0.3) is 10.9 Å². The molecule has 2 N–H and O–H groups in total. The van der Waals surface area contributed by atoms with Crippen molar-refractivity contribution < 1.29 is 8.42 Å². The Labute approximate surface area is 140 Å². The Morgan fingerprint density at radius 3 is 2.54 bits per heavy atom. The van der Waals surface area contributed by atoms with E-state index in [4.69, 9.17) is 0 Å². The van der Waals surface area contributed by atoms with Crippen LogP contribution in [0.15, 0.2) is 64.3 Å². The van der Waals surface area contributed by atoms with Crippen LogP contribution in [0.1, 0.15) is 11.1 Å². The first-order valence-electron chi connectivity index (χ1n) is 7.63. The molecule has 3 aromatic rings. The third kappa shape index (κ3) is 3.55. The molecular formula is C18H18N2O3S. The van der Waals surface area contributed by atoms with E-state index in [9.17, 15) is 13.2 Å². The molecule has 124 valence electrons. The van der Waals surface area contributed by atoms with E-state index in [0.717, 1.165) is 16.5 Å². The Kier molecular flexibility index (Phi) is 4.51. The topological polar surface area (TPSA) is 79.0 Å². The number of aromatic amines is 1. The van der Waals surface area contributed by atoms with Gasteiger partial charge in [-0.15, -0.1) is 0 Å². The number of nitrogens with one attached hydrogen (secondary N) is 2. The summed E-state index contributed by atoms with van der Waals surface area (Å²) in [6.07, 6.45) is 0.325. The normalized spacial score (nSPS) is 11.7. The third-order valence-corrected chi connectivity index (χ3v) is 5.30. The molecule has 6 heteroatoms. The van der Waals surface area contributed by atoms with Gasteiger partial charge in [-0.3, -0.25) is 4.79 Å². The lowest BCUT2D eigenvalue weighted by molar-refractivity contribution is 0.581. The monoisotopic (exact) mass is 342 g/mol. The van der Waals surface area contributed by atoms with Gasteiger partial charge in [-0.25, -0.2) is 13.1 Å². The van der Waals surface area contributed by atoms with E-state index in [1.54, 1.807) is 18.2 Å². The number of rotatable bonds is 5. The molecule has 0 radical (unpaired) electrons. The standard InChI is InChI=1S/C18H18N2O3S/c1-13-7-8-14-12-15(18(21)20-17(14)11-13)9-10-19-24(22,23)16-5-3-2-4-6-16/h2-8,11-12,19H,9-10H2,1H3,(H,20,21). The van der Waals surface area contributed by atoms with E-state index < -0.39 is 10.0 Å². The van der Waals surface area contributed by atoms with Gasteiger partial charge in [0.05, 0.1) is 4.90 Å². The van der Waals surface area contributed by atoms with Crippen LogP contribution in [-0.2, 0) is 16.4 Å². The highest BCUT2D eigenvalue weighted by Crippen LogP contribution is 2.13. The van der Waals surface area contributed by atoms with Gasteiger partial charge < -0.3 is 4.98 Å². The molecule has 24 heavy (non-hydrogen) atoms. The van der Waals surface area contributed by atoms with Crippen molar-refractivity contribution in [3.8, 4) is 0 Å². The van der Waals surface area contributed by atoms with Crippen LogP contribution in [-0.4, -0.2) is 19.9 Å². The summed E-state index contributed by atoms with van der Waals surface area (Å²) in [5.41, 5.74) is 2.23. The first-order valence-corrected chi connectivity index (χ1v) is 9.11. The van der Waals surface area contributed by atoms with Crippen molar-refractivity contribution in [2.24, 2.45) is 0 Å². The van der Waals surface area contributed by atoms with E-state index in [2.05, 4.69) is 9.71 Å². The predicted octanol–water partition coefficient (Wildman–Crippen LogP) is 2.36. The van der Waals surface area contributed by atoms with Crippen molar-refractivity contribution in [2.75, 3.05) is 6.54 Å². The molecule has 1 heterocycles. The Bertz CT molecular complexity index is 1030. The second-order valence-corrected chi connectivity index (χ2v) is 7.44. The molecule has 0 aliphatic carbocycles. The van der Waals surface area contributed by atoms with E-state index in [-0.39, 0.29) is 17.0 Å². The van der Waals surface area contributed by atoms with Gasteiger partial charge in [0.2, 0.25) is 10.0 Å². The number of hydrogen-bond acceptors (Lipinski definition) is 3. The maximum Gasteiger partial charge on any atom is 0.251 e. The number of hydrogen-bond donors (Lipinski definition) is 2. The molecule has 0 unspecified atom stereocenters. The largest absolute Gasteiger partial charge is 0.322 e. The summed E-state index contributed by atoms with van der Waals surface area (Å²) in [5, 5.41) is 0.932. The molecule has 0 amide bonds. The molecule has 0 saturated carbocycles. The van der Waals surface area contributed by atoms with Gasteiger partial charge in [0, 0.05) is 17.6 Å². The van der Waals surface area contributed by atoms with E-state index in [1.807, 2.05) is 31.2 Å². The predicted molar refractivity (Wildman–Crippen MR) is 94.6 cm³/mol. The Hall–Kier alpha value is -2.44. The van der Waals surface area contributed by atoms with Crippen molar-refractivity contribution in [3.63, 3.8) is 0 Å². The minimum Gasteiger partial charge on any atom is -0.322 e. The van der Waals surface area contributed by atoms with Crippen LogP contribution >= 0.6 is 0 Å². The zero-order chi connectivity index (χ0) is 17.2. The number of sulfonamides is 1. The van der Waals surface area contributed by atoms with Gasteiger partial charge in [0.1, 0.15) is 0 Å². The van der Waals surface area contributed by atoms with Gasteiger partial charge in [-0.05, 0) is 48.6 Å². The molecule has 2 aromatic carbocycles. The summed E-state index contributed by atoms with van der Waals surface area (Å²) >= 11 is 0. The number of H-pyrrole nitrogens is 1. The quantitative estimate of drug-likeness (QED) is 0.747. The van der Waals surface area contributed by atoms with Crippen molar-refractivity contribution in [1.29, 1.82) is 0 Å². The summed E-state index contributed by atoms with van der Waals surface area (Å²) in [7, 11) is -3.55. The van der Waals surface area contributed by atoms with Crippen molar-refractivity contribution in [2.45, 2.75) is 18.2 Å². The SMILES string of the molecule is Cc1ccc2cc(CCNS(=O)(=O)c3ccccc3)c(=O)[nH]c2c1. The summed E-state index contributed by atoms with van der Waals surface area (Å²) in [5.74, 6) is 0. The van der Waals surface area contributed by atoms with Crippen molar-refractivity contribution in [3.05, 3.63) is 76.1 Å². The lowest BCUT2D eigenvalue weighted by Gasteiger charge is -2.07. The fourth-order valence-electron chi connectivity index (χ4n) is 2.55. The van der Waals surface area contributed by atoms with E-state index in [1.165, 1.54) is 12.1 Å². The summed E-state index contributed by atoms with van der Waals surface area (Å²) in [4.78, 5) is 15.2. The maximum absolute atomic E-state index is 12.2. The van der Waals surface area contributed by atoms with E-state index >= 15 is 0 Å². The molecule has 0 atom stereocenters. The molecule has 0 fully saturated rings. The molecular weight excluding hydrogens is 324 g/mol. The number of pyridine rings is 1. The van der Waals surface area contributed by atoms with Crippen LogP contribution in [0, 0.1) is 6.92 Å². The third-order valence-electron chi connectivity index (χ3n) is 3.82. The highest BCUT2D eigenvalue weighted by molar-refractivity contribution is 7.89. The number of aryl methyl sites for hydroxylation is 1. The number of aromatic nitrogens is 1. The van der Waals surface area contributed by atoms with Gasteiger partial charge >= 0.3 is 0 Å². The highest BCUT2D eigenvalue weighted by Gasteiger charge is 2.13. The zero-order valence-corrected chi connectivity index (χ0v) is 14.1. The summed E-state index contributed by atoms with van der Waals surface area (Å²) in [6, 6.07) is 15.8. The smallest absolute Gasteiger partial charge is 0.251 e. The zero-order valence-electron chi connectivity index (χ0n) is 13.2. The average molecular weight is 342 g/mol. The molecule has 0 saturated heterocycles. The molecule has 0 spiro atoms. The minimum absolute atomic E-state index is 0.164. The minimum atomic E-state index is -3.55. The lowest BCUT2D eigenvalue weighted by atomic mass is 10.1. The Morgan fingerprint density at radius 2 is 1.79 bits per heavy atom. The molecule has 1 aromatic heterocycles.